The summed E-state index contributed by atoms with van der Waals surface area (Å²) in [7, 11) is 0. The number of esters is 1. The lowest BCUT2D eigenvalue weighted by Gasteiger charge is -2.20. The number of fused-ring (bicyclic) bond motifs is 1. The van der Waals surface area contributed by atoms with Gasteiger partial charge >= 0.3 is 5.97 Å². The molecule has 0 heterocycles. The molecule has 1 unspecified atom stereocenters. The number of ether oxygens (including phenoxy) is 9. The van der Waals surface area contributed by atoms with Gasteiger partial charge in [0.05, 0.1) is 112 Å². The first-order valence-electron chi connectivity index (χ1n) is 23.8. The van der Waals surface area contributed by atoms with Crippen LogP contribution in [0.15, 0.2) is 0 Å². The Labute approximate surface area is 398 Å². The van der Waals surface area contributed by atoms with Crippen molar-refractivity contribution >= 4 is 23.7 Å². The van der Waals surface area contributed by atoms with Crippen LogP contribution >= 0.6 is 0 Å². The minimum atomic E-state index is -1.51. The zero-order valence-corrected chi connectivity index (χ0v) is 39.9. The zero-order valence-electron chi connectivity index (χ0n) is 39.9. The van der Waals surface area contributed by atoms with Gasteiger partial charge in [0.2, 0.25) is 29.3 Å². The monoisotopic (exact) mass is 982 g/mol. The van der Waals surface area contributed by atoms with Crippen molar-refractivity contribution < 1.29 is 75.0 Å². The van der Waals surface area contributed by atoms with Gasteiger partial charge in [-0.25, -0.2) is 8.78 Å². The fourth-order valence-electron chi connectivity index (χ4n) is 6.38. The molecule has 0 aliphatic heterocycles. The average Bonchev–Trinajstić information content (AvgIpc) is 4.01. The van der Waals surface area contributed by atoms with Crippen molar-refractivity contribution in [1.82, 2.24) is 26.6 Å². The van der Waals surface area contributed by atoms with Crippen molar-refractivity contribution in [2.75, 3.05) is 158 Å². The van der Waals surface area contributed by atoms with Crippen LogP contribution in [-0.2, 0) is 57.1 Å². The number of halogens is 3. The highest BCUT2D eigenvalue weighted by Gasteiger charge is 2.42. The Balaban J connectivity index is 1.50. The van der Waals surface area contributed by atoms with Gasteiger partial charge in [-0.1, -0.05) is 6.92 Å². The summed E-state index contributed by atoms with van der Waals surface area (Å²) in [6, 6.07) is -0.210. The molecule has 20 nitrogen and oxygen atoms in total. The number of carbonyl (C=O) groups is 4. The maximum atomic E-state index is 14.3. The third-order valence-corrected chi connectivity index (χ3v) is 9.97. The van der Waals surface area contributed by atoms with Crippen molar-refractivity contribution in [2.45, 2.75) is 70.3 Å². The summed E-state index contributed by atoms with van der Waals surface area (Å²) in [6.07, 6.45) is 3.96. The summed E-state index contributed by atoms with van der Waals surface area (Å²) < 4.78 is 90.1. The molecule has 0 saturated carbocycles. The summed E-state index contributed by atoms with van der Waals surface area (Å²) in [6.45, 7) is 10.8. The third kappa shape index (κ3) is 29.4. The van der Waals surface area contributed by atoms with Crippen LogP contribution in [0.2, 0.25) is 0 Å². The molecule has 0 fully saturated rings. The third-order valence-electron chi connectivity index (χ3n) is 9.97. The summed E-state index contributed by atoms with van der Waals surface area (Å²) in [4.78, 5) is 49.4. The molecule has 2 rings (SSSR count). The Morgan fingerprint density at radius 1 is 0.515 bits per heavy atom. The molecular formula is C45H78F3N7O13. The average molecular weight is 982 g/mol. The molecule has 0 bridgehead atoms. The number of amides is 3. The van der Waals surface area contributed by atoms with Gasteiger partial charge in [0.25, 0.3) is 0 Å². The van der Waals surface area contributed by atoms with Gasteiger partial charge in [-0.15, -0.1) is 0 Å². The van der Waals surface area contributed by atoms with E-state index < -0.39 is 35.1 Å². The van der Waals surface area contributed by atoms with Crippen molar-refractivity contribution in [3.05, 3.63) is 28.6 Å². The fraction of sp³-hybridized carbons (Fsp3) is 0.778. The van der Waals surface area contributed by atoms with E-state index >= 15 is 0 Å². The van der Waals surface area contributed by atoms with Crippen LogP contribution in [0.5, 0.6) is 5.75 Å². The molecule has 0 saturated heterocycles. The lowest BCUT2D eigenvalue weighted by Crippen LogP contribution is -2.45. The van der Waals surface area contributed by atoms with E-state index in [9.17, 15) is 32.3 Å². The van der Waals surface area contributed by atoms with Crippen molar-refractivity contribution in [3.8, 4) is 5.75 Å². The molecule has 1 aromatic carbocycles. The summed E-state index contributed by atoms with van der Waals surface area (Å²) >= 11 is 0. The second kappa shape index (κ2) is 40.2. The molecule has 68 heavy (non-hydrogen) atoms. The highest BCUT2D eigenvalue weighted by molar-refractivity contribution is 5.78. The Hall–Kier alpha value is -3.59. The number of benzene rings is 1. The zero-order chi connectivity index (χ0) is 49.5. The molecular weight excluding hydrogens is 904 g/mol. The summed E-state index contributed by atoms with van der Waals surface area (Å²) in [5.74, 6) is -6.68. The summed E-state index contributed by atoms with van der Waals surface area (Å²) in [5.41, 5.74) is 10.8. The molecule has 0 radical (unpaired) electrons. The Morgan fingerprint density at radius 3 is 1.68 bits per heavy atom. The van der Waals surface area contributed by atoms with Crippen LogP contribution in [0.1, 0.15) is 75.3 Å². The first kappa shape index (κ1) is 60.5. The molecule has 1 aliphatic carbocycles. The van der Waals surface area contributed by atoms with Gasteiger partial charge < -0.3 is 80.7 Å². The van der Waals surface area contributed by atoms with E-state index in [4.69, 9.17) is 54.1 Å². The predicted octanol–water partition coefficient (Wildman–Crippen LogP) is 0.542. The molecule has 2 atom stereocenters. The van der Waals surface area contributed by atoms with Crippen LogP contribution in [0.3, 0.4) is 0 Å². The molecule has 3 amide bonds. The Kier molecular flexibility index (Phi) is 35.8. The molecule has 1 aromatic rings. The molecule has 0 aromatic heterocycles. The SMILES string of the molecule is CC1c2c(F)c(F)c(OC(=O)CCOCCOCCOCCOCCNC(=O)CNC[C@H](CCCCNC(=O)CCOCCOCCN)NC(=O)CCCNCCCOCCOCCN)c(F)c21. The molecule has 23 heteroatoms. The van der Waals surface area contributed by atoms with E-state index in [1.165, 1.54) is 6.92 Å². The smallest absolute Gasteiger partial charge is 0.313 e. The minimum Gasteiger partial charge on any atom is -0.420 e. The first-order valence-corrected chi connectivity index (χ1v) is 23.8. The quantitative estimate of drug-likeness (QED) is 0.0204. The molecule has 0 spiro atoms. The maximum absolute atomic E-state index is 14.3. The highest BCUT2D eigenvalue weighted by Crippen LogP contribution is 2.50. The van der Waals surface area contributed by atoms with E-state index in [2.05, 4.69) is 26.6 Å². The van der Waals surface area contributed by atoms with Crippen molar-refractivity contribution in [1.29, 1.82) is 0 Å². The number of rotatable bonds is 47. The first-order chi connectivity index (χ1) is 33.1. The van der Waals surface area contributed by atoms with E-state index in [1.54, 1.807) is 0 Å². The Bertz CT molecular complexity index is 1540. The van der Waals surface area contributed by atoms with Gasteiger partial charge in [-0.2, -0.15) is 4.39 Å². The molecule has 1 aliphatic rings. The number of hydrogen-bond acceptors (Lipinski definition) is 17. The van der Waals surface area contributed by atoms with Gasteiger partial charge in [0.15, 0.2) is 11.6 Å². The van der Waals surface area contributed by atoms with Crippen LogP contribution in [0.4, 0.5) is 13.2 Å². The second-order valence-electron chi connectivity index (χ2n) is 15.6. The lowest BCUT2D eigenvalue weighted by molar-refractivity contribution is -0.136. The largest absolute Gasteiger partial charge is 0.420 e. The lowest BCUT2D eigenvalue weighted by atomic mass is 10.1. The van der Waals surface area contributed by atoms with Crippen molar-refractivity contribution in [2.24, 2.45) is 11.5 Å². The Morgan fingerprint density at radius 2 is 1.04 bits per heavy atom. The molecule has 9 N–H and O–H groups in total. The van der Waals surface area contributed by atoms with Crippen LogP contribution in [0, 0.1) is 17.5 Å². The topological polar surface area (TPSA) is 264 Å². The summed E-state index contributed by atoms with van der Waals surface area (Å²) in [5, 5.41) is 15.2. The van der Waals surface area contributed by atoms with Gasteiger partial charge in [0, 0.05) is 75.3 Å². The van der Waals surface area contributed by atoms with Gasteiger partial charge in [-0.3, -0.25) is 19.2 Å². The fourth-order valence-corrected chi connectivity index (χ4v) is 6.38. The van der Waals surface area contributed by atoms with E-state index in [1.807, 2.05) is 0 Å². The van der Waals surface area contributed by atoms with Crippen LogP contribution < -0.4 is 42.8 Å². The number of hydrogen-bond donors (Lipinski definition) is 7. The highest BCUT2D eigenvalue weighted by atomic mass is 19.2. The van der Waals surface area contributed by atoms with Gasteiger partial charge in [-0.05, 0) is 45.2 Å². The minimum absolute atomic E-state index is 0.0203. The van der Waals surface area contributed by atoms with E-state index in [0.717, 1.165) is 25.8 Å². The van der Waals surface area contributed by atoms with Crippen LogP contribution in [-0.4, -0.2) is 188 Å². The number of nitrogens with one attached hydrogen (secondary N) is 5. The van der Waals surface area contributed by atoms with Gasteiger partial charge in [0.1, 0.15) is 0 Å². The number of unbranched alkanes of at least 4 members (excludes halogenated alkanes) is 1. The maximum Gasteiger partial charge on any atom is 0.313 e. The van der Waals surface area contributed by atoms with Crippen molar-refractivity contribution in [3.63, 3.8) is 0 Å². The van der Waals surface area contributed by atoms with E-state index in [0.29, 0.717) is 131 Å². The number of nitrogens with two attached hydrogens (primary N) is 2. The molecule has 392 valence electrons. The van der Waals surface area contributed by atoms with E-state index in [-0.39, 0.29) is 87.3 Å². The standard InChI is InChI=1S/C45H78F3N7O13/c1-34-40-41(34)43(47)45(44(48)42(40)46)68-39(59)9-18-62-24-28-66-30-31-67-29-27-65-21-15-54-38(58)33-52-32-35(6-2-3-14-53-36(56)8-17-61-23-26-64-20-11-50)55-37(57)7-4-12-51-13-5-16-60-22-25-63-19-10-49/h34-35,51-52H,2-33,49-50H2,1H3,(H,53,56)(H,54,58)(H,55,57)/t34?,35-/m0/s1. The normalized spacial score (nSPS) is 13.3. The predicted molar refractivity (Wildman–Crippen MR) is 245 cm³/mol. The second-order valence-corrected chi connectivity index (χ2v) is 15.6. The number of carbonyl (C=O) groups excluding carboxylic acids is 4. The van der Waals surface area contributed by atoms with Crippen LogP contribution in [0.25, 0.3) is 0 Å².